The molecule has 130 valence electrons. The topological polar surface area (TPSA) is 54.9 Å². The van der Waals surface area contributed by atoms with Crippen molar-refractivity contribution in [2.24, 2.45) is 5.92 Å². The Morgan fingerprint density at radius 2 is 2.00 bits per heavy atom. The van der Waals surface area contributed by atoms with E-state index in [1.807, 2.05) is 31.2 Å². The second-order valence-electron chi connectivity index (χ2n) is 5.54. The Bertz CT molecular complexity index is 661. The Morgan fingerprint density at radius 1 is 1.29 bits per heavy atom. The third kappa shape index (κ3) is 6.27. The number of nitrogens with zero attached hydrogens (tertiary/aromatic N) is 2. The van der Waals surface area contributed by atoms with Gasteiger partial charge in [-0.3, -0.25) is 10.1 Å². The first-order valence-corrected chi connectivity index (χ1v) is 10.7. The first-order chi connectivity index (χ1) is 11.5. The minimum absolute atomic E-state index is 0.0472. The monoisotopic (exact) mass is 401 g/mol. The van der Waals surface area contributed by atoms with Crippen LogP contribution in [-0.2, 0) is 4.79 Å². The third-order valence-corrected chi connectivity index (χ3v) is 6.96. The van der Waals surface area contributed by atoms with Crippen LogP contribution in [0.2, 0.25) is 5.02 Å². The standard InChI is InChI=1S/C16H20ClN3OS3/c1-4-13(23-12-7-5-11(17)6-8-12)14(21)18-15-19-20-16(24-15)22-9-10(2)3/h5-8,10,13H,4,9H2,1-3H3,(H,18,19,21)/t13-/m1/s1. The van der Waals surface area contributed by atoms with Gasteiger partial charge in [0.15, 0.2) is 4.34 Å². The number of halogens is 1. The number of carbonyl (C=O) groups is 1. The van der Waals surface area contributed by atoms with Gasteiger partial charge in [0.1, 0.15) is 0 Å². The lowest BCUT2D eigenvalue weighted by atomic mass is 10.3. The molecule has 0 spiro atoms. The number of carbonyl (C=O) groups excluding carboxylic acids is 1. The van der Waals surface area contributed by atoms with Crippen molar-refractivity contribution in [3.63, 3.8) is 0 Å². The molecule has 1 aromatic heterocycles. The second kappa shape index (κ2) is 9.65. The lowest BCUT2D eigenvalue weighted by molar-refractivity contribution is -0.115. The first kappa shape index (κ1) is 19.6. The molecule has 0 fully saturated rings. The molecule has 0 unspecified atom stereocenters. The summed E-state index contributed by atoms with van der Waals surface area (Å²) in [5.74, 6) is 1.54. The normalized spacial score (nSPS) is 12.4. The maximum absolute atomic E-state index is 12.5. The van der Waals surface area contributed by atoms with Gasteiger partial charge in [-0.15, -0.1) is 22.0 Å². The molecule has 1 amide bonds. The molecule has 4 nitrogen and oxygen atoms in total. The summed E-state index contributed by atoms with van der Waals surface area (Å²) in [7, 11) is 0. The molecule has 0 aliphatic heterocycles. The molecule has 24 heavy (non-hydrogen) atoms. The summed E-state index contributed by atoms with van der Waals surface area (Å²) >= 11 is 10.5. The molecule has 1 heterocycles. The maximum Gasteiger partial charge on any atom is 0.239 e. The molecule has 1 N–H and O–H groups in total. The molecule has 0 aliphatic carbocycles. The minimum atomic E-state index is -0.179. The smallest absolute Gasteiger partial charge is 0.239 e. The van der Waals surface area contributed by atoms with E-state index in [9.17, 15) is 4.79 Å². The predicted octanol–water partition coefficient (Wildman–Crippen LogP) is 5.45. The number of amides is 1. The maximum atomic E-state index is 12.5. The van der Waals surface area contributed by atoms with E-state index in [0.717, 1.165) is 21.4 Å². The summed E-state index contributed by atoms with van der Waals surface area (Å²) in [5, 5.41) is 12.1. The zero-order valence-electron chi connectivity index (χ0n) is 13.8. The van der Waals surface area contributed by atoms with E-state index < -0.39 is 0 Å². The fraction of sp³-hybridized carbons (Fsp3) is 0.438. The van der Waals surface area contributed by atoms with Crippen molar-refractivity contribution in [3.05, 3.63) is 29.3 Å². The highest BCUT2D eigenvalue weighted by Crippen LogP contribution is 2.30. The number of anilines is 1. The quantitative estimate of drug-likeness (QED) is 0.470. The highest BCUT2D eigenvalue weighted by molar-refractivity contribution is 8.01. The molecule has 1 atom stereocenters. The van der Waals surface area contributed by atoms with Gasteiger partial charge in [0.2, 0.25) is 11.0 Å². The number of hydrogen-bond donors (Lipinski definition) is 1. The molecule has 2 aromatic rings. The van der Waals surface area contributed by atoms with Crippen LogP contribution >= 0.6 is 46.5 Å². The predicted molar refractivity (Wildman–Crippen MR) is 105 cm³/mol. The van der Waals surface area contributed by atoms with Crippen LogP contribution in [0.5, 0.6) is 0 Å². The molecule has 0 radical (unpaired) electrons. The minimum Gasteiger partial charge on any atom is -0.300 e. The van der Waals surface area contributed by atoms with Crippen LogP contribution in [0.4, 0.5) is 5.13 Å². The second-order valence-corrected chi connectivity index (χ2v) is 9.49. The van der Waals surface area contributed by atoms with E-state index in [1.165, 1.54) is 23.1 Å². The molecular formula is C16H20ClN3OS3. The SMILES string of the molecule is CC[C@@H](Sc1ccc(Cl)cc1)C(=O)Nc1nnc(SCC(C)C)s1. The highest BCUT2D eigenvalue weighted by atomic mass is 35.5. The molecule has 2 rings (SSSR count). The van der Waals surface area contributed by atoms with E-state index in [4.69, 9.17) is 11.6 Å². The van der Waals surface area contributed by atoms with Gasteiger partial charge in [0.25, 0.3) is 0 Å². The Morgan fingerprint density at radius 3 is 2.62 bits per heavy atom. The summed E-state index contributed by atoms with van der Waals surface area (Å²) < 4.78 is 0.886. The van der Waals surface area contributed by atoms with Crippen LogP contribution in [-0.4, -0.2) is 27.1 Å². The van der Waals surface area contributed by atoms with Crippen molar-refractivity contribution < 1.29 is 4.79 Å². The van der Waals surface area contributed by atoms with Crippen molar-refractivity contribution in [3.8, 4) is 0 Å². The van der Waals surface area contributed by atoms with E-state index in [0.29, 0.717) is 16.1 Å². The molecule has 1 aromatic carbocycles. The van der Waals surface area contributed by atoms with Gasteiger partial charge in [-0.25, -0.2) is 0 Å². The van der Waals surface area contributed by atoms with Gasteiger partial charge in [0, 0.05) is 15.7 Å². The van der Waals surface area contributed by atoms with Crippen molar-refractivity contribution in [1.29, 1.82) is 0 Å². The number of aromatic nitrogens is 2. The number of rotatable bonds is 8. The number of hydrogen-bond acceptors (Lipinski definition) is 6. The van der Waals surface area contributed by atoms with Gasteiger partial charge < -0.3 is 0 Å². The van der Waals surface area contributed by atoms with E-state index in [2.05, 4.69) is 29.4 Å². The molecule has 0 saturated heterocycles. The van der Waals surface area contributed by atoms with Crippen LogP contribution in [0.3, 0.4) is 0 Å². The Hall–Kier alpha value is -0.760. The van der Waals surface area contributed by atoms with E-state index in [1.54, 1.807) is 11.8 Å². The van der Waals surface area contributed by atoms with Gasteiger partial charge in [0.05, 0.1) is 5.25 Å². The van der Waals surface area contributed by atoms with Crippen LogP contribution in [0, 0.1) is 5.92 Å². The zero-order chi connectivity index (χ0) is 17.5. The van der Waals surface area contributed by atoms with Gasteiger partial charge in [-0.05, 0) is 36.6 Å². The van der Waals surface area contributed by atoms with Crippen molar-refractivity contribution >= 4 is 57.5 Å². The van der Waals surface area contributed by atoms with E-state index in [-0.39, 0.29) is 11.2 Å². The lowest BCUT2D eigenvalue weighted by Crippen LogP contribution is -2.24. The van der Waals surface area contributed by atoms with Crippen LogP contribution < -0.4 is 5.32 Å². The van der Waals surface area contributed by atoms with Crippen LogP contribution in [0.25, 0.3) is 0 Å². The van der Waals surface area contributed by atoms with Crippen molar-refractivity contribution in [2.75, 3.05) is 11.1 Å². The Kier molecular flexibility index (Phi) is 7.87. The number of thioether (sulfide) groups is 2. The molecule has 8 heteroatoms. The van der Waals surface area contributed by atoms with Crippen molar-refractivity contribution in [1.82, 2.24) is 10.2 Å². The number of benzene rings is 1. The average Bonchev–Trinajstić information content (AvgIpc) is 2.99. The summed E-state index contributed by atoms with van der Waals surface area (Å²) in [6, 6.07) is 7.51. The fourth-order valence-electron chi connectivity index (χ4n) is 1.74. The molecule has 0 aliphatic rings. The molecule has 0 bridgehead atoms. The van der Waals surface area contributed by atoms with Crippen LogP contribution in [0.1, 0.15) is 27.2 Å². The first-order valence-electron chi connectivity index (χ1n) is 7.67. The van der Waals surface area contributed by atoms with Gasteiger partial charge in [-0.2, -0.15) is 0 Å². The third-order valence-electron chi connectivity index (χ3n) is 2.93. The van der Waals surface area contributed by atoms with Gasteiger partial charge in [-0.1, -0.05) is 55.5 Å². The average molecular weight is 402 g/mol. The summed E-state index contributed by atoms with van der Waals surface area (Å²) in [4.78, 5) is 13.5. The summed E-state index contributed by atoms with van der Waals surface area (Å²) in [6.45, 7) is 6.32. The fourth-order valence-corrected chi connectivity index (χ4v) is 4.55. The summed E-state index contributed by atoms with van der Waals surface area (Å²) in [6.07, 6.45) is 0.729. The highest BCUT2D eigenvalue weighted by Gasteiger charge is 2.19. The van der Waals surface area contributed by atoms with Crippen LogP contribution in [0.15, 0.2) is 33.5 Å². The van der Waals surface area contributed by atoms with E-state index >= 15 is 0 Å². The van der Waals surface area contributed by atoms with Gasteiger partial charge >= 0.3 is 0 Å². The van der Waals surface area contributed by atoms with Crippen molar-refractivity contribution in [2.45, 2.75) is 41.7 Å². The Balaban J connectivity index is 1.92. The lowest BCUT2D eigenvalue weighted by Gasteiger charge is -2.13. The molecular weight excluding hydrogens is 382 g/mol. The summed E-state index contributed by atoms with van der Waals surface area (Å²) in [5.41, 5.74) is 0. The molecule has 0 saturated carbocycles. The Labute approximate surface area is 160 Å². The number of nitrogens with one attached hydrogen (secondary N) is 1. The largest absolute Gasteiger partial charge is 0.300 e. The zero-order valence-corrected chi connectivity index (χ0v) is 17.0.